The van der Waals surface area contributed by atoms with E-state index in [9.17, 15) is 4.79 Å². The van der Waals surface area contributed by atoms with Crippen molar-refractivity contribution in [3.05, 3.63) is 70.1 Å². The van der Waals surface area contributed by atoms with Crippen LogP contribution in [0.1, 0.15) is 26.8 Å². The van der Waals surface area contributed by atoms with E-state index in [2.05, 4.69) is 31.3 Å². The molecule has 0 spiro atoms. The molecular formula is C20H23N5O2S. The number of aryl methyl sites for hydroxylation is 1. The molecule has 1 aromatic carbocycles. The molecule has 2 aromatic heterocycles. The summed E-state index contributed by atoms with van der Waals surface area (Å²) in [6, 6.07) is 10.9. The molecule has 0 fully saturated rings. The van der Waals surface area contributed by atoms with Crippen LogP contribution in [0.2, 0.25) is 0 Å². The topological polar surface area (TPSA) is 91.5 Å². The zero-order valence-corrected chi connectivity index (χ0v) is 16.7. The number of anilines is 1. The number of benzene rings is 1. The van der Waals surface area contributed by atoms with Crippen LogP contribution in [0, 0.1) is 6.92 Å². The second-order valence-electron chi connectivity index (χ2n) is 6.09. The minimum atomic E-state index is -0.268. The van der Waals surface area contributed by atoms with E-state index in [1.807, 2.05) is 31.2 Å². The number of nitrogens with one attached hydrogen (secondary N) is 3. The first-order chi connectivity index (χ1) is 13.6. The van der Waals surface area contributed by atoms with Gasteiger partial charge in [-0.2, -0.15) is 0 Å². The Labute approximate surface area is 167 Å². The van der Waals surface area contributed by atoms with Crippen molar-refractivity contribution in [1.29, 1.82) is 0 Å². The van der Waals surface area contributed by atoms with E-state index >= 15 is 0 Å². The monoisotopic (exact) mass is 397 g/mol. The van der Waals surface area contributed by atoms with Gasteiger partial charge >= 0.3 is 0 Å². The minimum Gasteiger partial charge on any atom is -0.459 e. The number of aliphatic imine (C=N–C) groups is 1. The van der Waals surface area contributed by atoms with E-state index in [0.717, 1.165) is 35.2 Å². The average Bonchev–Trinajstić information content (AvgIpc) is 3.37. The van der Waals surface area contributed by atoms with Gasteiger partial charge in [0.25, 0.3) is 5.91 Å². The fourth-order valence-electron chi connectivity index (χ4n) is 2.54. The number of hydrogen-bond donors (Lipinski definition) is 3. The molecule has 28 heavy (non-hydrogen) atoms. The molecule has 0 aliphatic rings. The smallest absolute Gasteiger partial charge is 0.291 e. The van der Waals surface area contributed by atoms with Crippen LogP contribution in [0.25, 0.3) is 0 Å². The van der Waals surface area contributed by atoms with Crippen LogP contribution in [-0.4, -0.2) is 30.4 Å². The van der Waals surface area contributed by atoms with Crippen LogP contribution in [0.4, 0.5) is 5.69 Å². The maximum atomic E-state index is 12.0. The van der Waals surface area contributed by atoms with Crippen molar-refractivity contribution >= 4 is 28.9 Å². The minimum absolute atomic E-state index is 0.268. The molecule has 0 bridgehead atoms. The van der Waals surface area contributed by atoms with Crippen LogP contribution in [-0.2, 0) is 13.0 Å². The van der Waals surface area contributed by atoms with Gasteiger partial charge in [-0.1, -0.05) is 12.1 Å². The summed E-state index contributed by atoms with van der Waals surface area (Å²) in [4.78, 5) is 20.7. The van der Waals surface area contributed by atoms with E-state index in [4.69, 9.17) is 4.42 Å². The van der Waals surface area contributed by atoms with Crippen molar-refractivity contribution in [3.8, 4) is 0 Å². The molecule has 0 saturated carbocycles. The van der Waals surface area contributed by atoms with Crippen molar-refractivity contribution in [1.82, 2.24) is 15.6 Å². The molecule has 7 nitrogen and oxygen atoms in total. The highest BCUT2D eigenvalue weighted by Gasteiger charge is 2.08. The zero-order chi connectivity index (χ0) is 19.8. The fraction of sp³-hybridized carbons (Fsp3) is 0.250. The largest absolute Gasteiger partial charge is 0.459 e. The number of carbonyl (C=O) groups is 1. The number of amides is 1. The van der Waals surface area contributed by atoms with Crippen molar-refractivity contribution in [2.45, 2.75) is 19.9 Å². The van der Waals surface area contributed by atoms with Gasteiger partial charge < -0.3 is 20.4 Å². The van der Waals surface area contributed by atoms with Gasteiger partial charge in [0.1, 0.15) is 0 Å². The predicted molar refractivity (Wildman–Crippen MR) is 112 cm³/mol. The summed E-state index contributed by atoms with van der Waals surface area (Å²) in [5, 5.41) is 12.5. The normalized spacial score (nSPS) is 11.3. The number of carbonyl (C=O) groups excluding carboxylic acids is 1. The van der Waals surface area contributed by atoms with Gasteiger partial charge in [-0.15, -0.1) is 11.3 Å². The number of thiazole rings is 1. The third-order valence-electron chi connectivity index (χ3n) is 3.98. The molecule has 3 aromatic rings. The van der Waals surface area contributed by atoms with Crippen molar-refractivity contribution in [2.24, 2.45) is 4.99 Å². The lowest BCUT2D eigenvalue weighted by atomic mass is 10.2. The van der Waals surface area contributed by atoms with Gasteiger partial charge in [0, 0.05) is 37.6 Å². The van der Waals surface area contributed by atoms with Gasteiger partial charge in [0.05, 0.1) is 17.0 Å². The van der Waals surface area contributed by atoms with Gasteiger partial charge in [0.15, 0.2) is 11.7 Å². The van der Waals surface area contributed by atoms with Crippen LogP contribution in [0.5, 0.6) is 0 Å². The molecule has 0 aliphatic heterocycles. The molecular weight excluding hydrogens is 374 g/mol. The molecule has 3 rings (SSSR count). The summed E-state index contributed by atoms with van der Waals surface area (Å²) in [6.45, 7) is 3.40. The Morgan fingerprint density at radius 1 is 1.21 bits per heavy atom. The van der Waals surface area contributed by atoms with E-state index in [-0.39, 0.29) is 11.7 Å². The molecule has 0 unspecified atom stereocenters. The van der Waals surface area contributed by atoms with Gasteiger partial charge in [-0.05, 0) is 36.8 Å². The first-order valence-electron chi connectivity index (χ1n) is 8.93. The van der Waals surface area contributed by atoms with Crippen molar-refractivity contribution in [3.63, 3.8) is 0 Å². The van der Waals surface area contributed by atoms with Crippen LogP contribution < -0.4 is 16.0 Å². The molecule has 2 heterocycles. The lowest BCUT2D eigenvalue weighted by molar-refractivity contribution is 0.0996. The molecule has 3 N–H and O–H groups in total. The number of hydrogen-bond acceptors (Lipinski definition) is 5. The number of guanidine groups is 1. The van der Waals surface area contributed by atoms with Crippen LogP contribution >= 0.6 is 11.3 Å². The van der Waals surface area contributed by atoms with Gasteiger partial charge in [-0.3, -0.25) is 9.79 Å². The van der Waals surface area contributed by atoms with Crippen molar-refractivity contribution in [2.75, 3.05) is 18.9 Å². The highest BCUT2D eigenvalue weighted by atomic mass is 32.1. The molecule has 8 heteroatoms. The third-order valence-corrected chi connectivity index (χ3v) is 4.80. The summed E-state index contributed by atoms with van der Waals surface area (Å²) in [5.74, 6) is 0.756. The van der Waals surface area contributed by atoms with E-state index in [1.165, 1.54) is 6.26 Å². The van der Waals surface area contributed by atoms with Crippen molar-refractivity contribution < 1.29 is 9.21 Å². The first-order valence-corrected chi connectivity index (χ1v) is 9.81. The summed E-state index contributed by atoms with van der Waals surface area (Å²) >= 11 is 1.66. The third kappa shape index (κ3) is 5.68. The molecule has 146 valence electrons. The highest BCUT2D eigenvalue weighted by molar-refractivity contribution is 7.09. The lowest BCUT2D eigenvalue weighted by Crippen LogP contribution is -2.37. The zero-order valence-electron chi connectivity index (χ0n) is 15.9. The van der Waals surface area contributed by atoms with Gasteiger partial charge in [0.2, 0.25) is 0 Å². The van der Waals surface area contributed by atoms with Crippen LogP contribution in [0.3, 0.4) is 0 Å². The molecule has 0 saturated heterocycles. The first kappa shape index (κ1) is 19.6. The summed E-state index contributed by atoms with van der Waals surface area (Å²) in [6.07, 6.45) is 2.33. The predicted octanol–water partition coefficient (Wildman–Crippen LogP) is 3.20. The Hall–Kier alpha value is -3.13. The SMILES string of the molecule is CN=C(NCCc1csc(C)n1)NCc1ccc(NC(=O)c2ccco2)cc1. The maximum Gasteiger partial charge on any atom is 0.291 e. The Bertz CT molecular complexity index is 916. The van der Waals surface area contributed by atoms with E-state index < -0.39 is 0 Å². The quantitative estimate of drug-likeness (QED) is 0.421. The number of aromatic nitrogens is 1. The summed E-state index contributed by atoms with van der Waals surface area (Å²) in [5.41, 5.74) is 2.89. The summed E-state index contributed by atoms with van der Waals surface area (Å²) in [7, 11) is 1.75. The lowest BCUT2D eigenvalue weighted by Gasteiger charge is -2.12. The summed E-state index contributed by atoms with van der Waals surface area (Å²) < 4.78 is 5.08. The van der Waals surface area contributed by atoms with E-state index in [0.29, 0.717) is 12.2 Å². The van der Waals surface area contributed by atoms with E-state index in [1.54, 1.807) is 30.5 Å². The second-order valence-corrected chi connectivity index (χ2v) is 7.15. The maximum absolute atomic E-state index is 12.0. The molecule has 0 atom stereocenters. The Morgan fingerprint density at radius 3 is 2.68 bits per heavy atom. The standard InChI is InChI=1S/C20H23N5O2S/c1-14-24-17(13-28-14)9-10-22-20(21-2)23-12-15-5-7-16(8-6-15)25-19(26)18-4-3-11-27-18/h3-8,11,13H,9-10,12H2,1-2H3,(H,25,26)(H2,21,22,23). The van der Waals surface area contributed by atoms with Crippen LogP contribution in [0.15, 0.2) is 57.5 Å². The fourth-order valence-corrected chi connectivity index (χ4v) is 3.19. The van der Waals surface area contributed by atoms with Gasteiger partial charge in [-0.25, -0.2) is 4.98 Å². The average molecular weight is 398 g/mol. The Balaban J connectivity index is 1.43. The molecule has 0 radical (unpaired) electrons. The number of nitrogens with zero attached hydrogens (tertiary/aromatic N) is 2. The molecule has 1 amide bonds. The second kappa shape index (κ2) is 9.70. The molecule has 0 aliphatic carbocycles. The Morgan fingerprint density at radius 2 is 2.04 bits per heavy atom. The number of furan rings is 1. The number of rotatable bonds is 7. The Kier molecular flexibility index (Phi) is 6.80. The highest BCUT2D eigenvalue weighted by Crippen LogP contribution is 2.12.